The Bertz CT molecular complexity index is 598. The van der Waals surface area contributed by atoms with Crippen molar-refractivity contribution in [3.8, 4) is 5.69 Å². The van der Waals surface area contributed by atoms with Gasteiger partial charge in [0.05, 0.1) is 17.1 Å². The van der Waals surface area contributed by atoms with Crippen LogP contribution in [0.1, 0.15) is 12.6 Å². The molecule has 1 aromatic carbocycles. The number of benzene rings is 1. The maximum absolute atomic E-state index is 10.7. The van der Waals surface area contributed by atoms with E-state index in [4.69, 9.17) is 5.11 Å². The van der Waals surface area contributed by atoms with Gasteiger partial charge in [0.2, 0.25) is 0 Å². The first-order chi connectivity index (χ1) is 9.10. The maximum atomic E-state index is 10.7. The second kappa shape index (κ2) is 6.25. The van der Waals surface area contributed by atoms with E-state index < -0.39 is 5.97 Å². The van der Waals surface area contributed by atoms with E-state index in [9.17, 15) is 4.79 Å². The van der Waals surface area contributed by atoms with Gasteiger partial charge in [0.15, 0.2) is 0 Å². The Balaban J connectivity index is 2.37. The normalized spacial score (nSPS) is 10.6. The van der Waals surface area contributed by atoms with E-state index in [1.807, 2.05) is 37.3 Å². The van der Waals surface area contributed by atoms with Gasteiger partial charge in [-0.3, -0.25) is 4.79 Å². The van der Waals surface area contributed by atoms with Gasteiger partial charge in [0.1, 0.15) is 5.03 Å². The standard InChI is InChI=1S/C13H13BrN2O2S/c1-2-10-7-12(19-8-13(17)18)16(15-10)11-5-3-4-9(14)6-11/h3-7H,2,8H2,1H3,(H,17,18). The number of hydrogen-bond acceptors (Lipinski definition) is 3. The monoisotopic (exact) mass is 340 g/mol. The van der Waals surface area contributed by atoms with Gasteiger partial charge in [-0.25, -0.2) is 4.68 Å². The Labute approximate surface area is 124 Å². The van der Waals surface area contributed by atoms with Crippen LogP contribution in [0.2, 0.25) is 0 Å². The van der Waals surface area contributed by atoms with E-state index in [2.05, 4.69) is 21.0 Å². The third kappa shape index (κ3) is 3.61. The fraction of sp³-hybridized carbons (Fsp3) is 0.231. The molecule has 0 amide bonds. The van der Waals surface area contributed by atoms with Gasteiger partial charge in [-0.15, -0.1) is 0 Å². The third-order valence-electron chi connectivity index (χ3n) is 2.49. The smallest absolute Gasteiger partial charge is 0.313 e. The summed E-state index contributed by atoms with van der Waals surface area (Å²) in [5.41, 5.74) is 1.87. The lowest BCUT2D eigenvalue weighted by Gasteiger charge is -2.06. The van der Waals surface area contributed by atoms with Crippen LogP contribution in [0.3, 0.4) is 0 Å². The van der Waals surface area contributed by atoms with Crippen LogP contribution in [-0.2, 0) is 11.2 Å². The first-order valence-electron chi connectivity index (χ1n) is 5.79. The highest BCUT2D eigenvalue weighted by molar-refractivity contribution is 9.10. The minimum atomic E-state index is -0.829. The van der Waals surface area contributed by atoms with E-state index in [-0.39, 0.29) is 5.75 Å². The van der Waals surface area contributed by atoms with Crippen LogP contribution < -0.4 is 0 Å². The molecule has 0 aliphatic rings. The number of aliphatic carboxylic acids is 1. The van der Waals surface area contributed by atoms with Gasteiger partial charge in [-0.2, -0.15) is 5.10 Å². The number of aromatic nitrogens is 2. The zero-order valence-corrected chi connectivity index (χ0v) is 12.7. The van der Waals surface area contributed by atoms with Crippen molar-refractivity contribution in [3.63, 3.8) is 0 Å². The lowest BCUT2D eigenvalue weighted by molar-refractivity contribution is -0.133. The topological polar surface area (TPSA) is 55.1 Å². The second-order valence-electron chi connectivity index (χ2n) is 3.90. The molecule has 2 rings (SSSR count). The zero-order valence-electron chi connectivity index (χ0n) is 10.3. The molecule has 0 bridgehead atoms. The molecule has 0 radical (unpaired) electrons. The Morgan fingerprint density at radius 1 is 1.47 bits per heavy atom. The molecule has 0 atom stereocenters. The highest BCUT2D eigenvalue weighted by Crippen LogP contribution is 2.24. The predicted molar refractivity (Wildman–Crippen MR) is 79.0 cm³/mol. The molecule has 1 heterocycles. The summed E-state index contributed by atoms with van der Waals surface area (Å²) >= 11 is 4.71. The summed E-state index contributed by atoms with van der Waals surface area (Å²) in [6.45, 7) is 2.03. The molecule has 1 aromatic heterocycles. The number of thioether (sulfide) groups is 1. The van der Waals surface area contributed by atoms with Crippen LogP contribution in [0, 0.1) is 0 Å². The fourth-order valence-corrected chi connectivity index (χ4v) is 2.76. The highest BCUT2D eigenvalue weighted by Gasteiger charge is 2.11. The molecule has 0 fully saturated rings. The Morgan fingerprint density at radius 3 is 2.89 bits per heavy atom. The average Bonchev–Trinajstić information content (AvgIpc) is 2.79. The quantitative estimate of drug-likeness (QED) is 0.847. The molecule has 0 spiro atoms. The molecule has 19 heavy (non-hydrogen) atoms. The molecule has 2 aromatic rings. The number of rotatable bonds is 5. The molecule has 0 unspecified atom stereocenters. The molecular weight excluding hydrogens is 328 g/mol. The summed E-state index contributed by atoms with van der Waals surface area (Å²) in [6.07, 6.45) is 0.821. The van der Waals surface area contributed by atoms with E-state index in [0.717, 1.165) is 27.3 Å². The summed E-state index contributed by atoms with van der Waals surface area (Å²) in [5, 5.41) is 14.1. The molecule has 0 saturated carbocycles. The predicted octanol–water partition coefficient (Wildman–Crippen LogP) is 3.37. The minimum absolute atomic E-state index is 0.0306. The molecule has 1 N–H and O–H groups in total. The lowest BCUT2D eigenvalue weighted by Crippen LogP contribution is -2.02. The van der Waals surface area contributed by atoms with Gasteiger partial charge in [0, 0.05) is 4.47 Å². The van der Waals surface area contributed by atoms with Gasteiger partial charge in [-0.05, 0) is 30.7 Å². The average molecular weight is 341 g/mol. The maximum Gasteiger partial charge on any atom is 0.313 e. The van der Waals surface area contributed by atoms with E-state index >= 15 is 0 Å². The number of hydrogen-bond donors (Lipinski definition) is 1. The number of halogens is 1. The van der Waals surface area contributed by atoms with Crippen LogP contribution in [0.5, 0.6) is 0 Å². The van der Waals surface area contributed by atoms with Crippen molar-refractivity contribution in [2.45, 2.75) is 18.4 Å². The summed E-state index contributed by atoms with van der Waals surface area (Å²) in [6, 6.07) is 9.71. The molecule has 4 nitrogen and oxygen atoms in total. The second-order valence-corrected chi connectivity index (χ2v) is 5.81. The van der Waals surface area contributed by atoms with Crippen molar-refractivity contribution in [1.82, 2.24) is 9.78 Å². The largest absolute Gasteiger partial charge is 0.481 e. The van der Waals surface area contributed by atoms with Gasteiger partial charge in [0.25, 0.3) is 0 Å². The first kappa shape index (κ1) is 14.1. The molecule has 100 valence electrons. The third-order valence-corrected chi connectivity index (χ3v) is 3.96. The van der Waals surface area contributed by atoms with Crippen molar-refractivity contribution < 1.29 is 9.90 Å². The van der Waals surface area contributed by atoms with Crippen molar-refractivity contribution in [2.24, 2.45) is 0 Å². The fourth-order valence-electron chi connectivity index (χ4n) is 1.61. The van der Waals surface area contributed by atoms with Crippen LogP contribution >= 0.6 is 27.7 Å². The number of carboxylic acids is 1. The van der Waals surface area contributed by atoms with E-state index in [0.29, 0.717) is 0 Å². The minimum Gasteiger partial charge on any atom is -0.481 e. The summed E-state index contributed by atoms with van der Waals surface area (Å²) < 4.78 is 2.75. The van der Waals surface area contributed by atoms with Gasteiger partial charge in [-0.1, -0.05) is 40.7 Å². The zero-order chi connectivity index (χ0) is 13.8. The van der Waals surface area contributed by atoms with Gasteiger partial charge < -0.3 is 5.11 Å². The molecular formula is C13H13BrN2O2S. The lowest BCUT2D eigenvalue weighted by atomic mass is 10.3. The number of carboxylic acid groups (broad SMARTS) is 1. The Hall–Kier alpha value is -1.27. The number of carbonyl (C=O) groups is 1. The summed E-state index contributed by atoms with van der Waals surface area (Å²) in [7, 11) is 0. The molecule has 0 aliphatic heterocycles. The van der Waals surface area contributed by atoms with E-state index in [1.54, 1.807) is 4.68 Å². The van der Waals surface area contributed by atoms with Gasteiger partial charge >= 0.3 is 5.97 Å². The van der Waals surface area contributed by atoms with Crippen LogP contribution in [0.15, 0.2) is 39.8 Å². The SMILES string of the molecule is CCc1cc(SCC(=O)O)n(-c2cccc(Br)c2)n1. The highest BCUT2D eigenvalue weighted by atomic mass is 79.9. The Kier molecular flexibility index (Phi) is 4.66. The van der Waals surface area contributed by atoms with Crippen LogP contribution in [0.4, 0.5) is 0 Å². The molecule has 6 heteroatoms. The number of nitrogens with zero attached hydrogens (tertiary/aromatic N) is 2. The number of aryl methyl sites for hydroxylation is 1. The van der Waals surface area contributed by atoms with Crippen LogP contribution in [0.25, 0.3) is 5.69 Å². The van der Waals surface area contributed by atoms with Crippen molar-refractivity contribution in [2.75, 3.05) is 5.75 Å². The summed E-state index contributed by atoms with van der Waals surface area (Å²) in [4.78, 5) is 10.7. The van der Waals surface area contributed by atoms with E-state index in [1.165, 1.54) is 11.8 Å². The molecule has 0 aliphatic carbocycles. The Morgan fingerprint density at radius 2 is 2.26 bits per heavy atom. The molecule has 0 saturated heterocycles. The summed E-state index contributed by atoms with van der Waals surface area (Å²) in [5.74, 6) is -0.798. The van der Waals surface area contributed by atoms with Crippen molar-refractivity contribution >= 4 is 33.7 Å². The van der Waals surface area contributed by atoms with Crippen molar-refractivity contribution in [3.05, 3.63) is 40.5 Å². The van der Waals surface area contributed by atoms with Crippen LogP contribution in [-0.4, -0.2) is 26.6 Å². The first-order valence-corrected chi connectivity index (χ1v) is 7.57. The van der Waals surface area contributed by atoms with Crippen molar-refractivity contribution in [1.29, 1.82) is 0 Å².